The number of carbonyl (C=O) groups excluding carboxylic acids is 2. The molecule has 0 saturated heterocycles. The van der Waals surface area contributed by atoms with E-state index in [1.807, 2.05) is 0 Å². The van der Waals surface area contributed by atoms with E-state index < -0.39 is 5.97 Å². The molecule has 0 spiro atoms. The predicted molar refractivity (Wildman–Crippen MR) is 96.0 cm³/mol. The van der Waals surface area contributed by atoms with Gasteiger partial charge in [-0.05, 0) is 42.0 Å². The molecule has 0 unspecified atom stereocenters. The molecule has 0 aromatic heterocycles. The summed E-state index contributed by atoms with van der Waals surface area (Å²) in [4.78, 5) is 23.8. The second kappa shape index (κ2) is 8.29. The van der Waals surface area contributed by atoms with Crippen molar-refractivity contribution in [3.05, 3.63) is 57.6 Å². The fraction of sp³-hybridized carbons (Fsp3) is 0.222. The Morgan fingerprint density at radius 3 is 2.58 bits per heavy atom. The van der Waals surface area contributed by atoms with E-state index in [9.17, 15) is 9.59 Å². The molecule has 0 aliphatic carbocycles. The molecule has 0 fully saturated rings. The molecule has 1 N–H and O–H groups in total. The van der Waals surface area contributed by atoms with Crippen molar-refractivity contribution in [1.82, 2.24) is 5.32 Å². The van der Waals surface area contributed by atoms with Crippen molar-refractivity contribution in [2.45, 2.75) is 6.61 Å². The number of hydrogen-bond donors (Lipinski definition) is 1. The molecule has 1 heterocycles. The average molecular weight is 396 g/mol. The quantitative estimate of drug-likeness (QED) is 0.786. The van der Waals surface area contributed by atoms with Gasteiger partial charge in [-0.1, -0.05) is 23.2 Å². The summed E-state index contributed by atoms with van der Waals surface area (Å²) in [5.74, 6) is 0.0494. The number of halogens is 2. The van der Waals surface area contributed by atoms with Crippen LogP contribution in [0.15, 0.2) is 36.4 Å². The maximum atomic E-state index is 11.9. The number of amides is 1. The molecule has 0 saturated carbocycles. The van der Waals surface area contributed by atoms with E-state index in [1.54, 1.807) is 36.4 Å². The predicted octanol–water partition coefficient (Wildman–Crippen LogP) is 3.24. The van der Waals surface area contributed by atoms with Gasteiger partial charge >= 0.3 is 5.97 Å². The number of ether oxygens (including phenoxy) is 3. The molecule has 0 radical (unpaired) electrons. The van der Waals surface area contributed by atoms with Crippen LogP contribution in [0.2, 0.25) is 10.0 Å². The van der Waals surface area contributed by atoms with Crippen molar-refractivity contribution >= 4 is 35.1 Å². The van der Waals surface area contributed by atoms with Crippen LogP contribution in [0.25, 0.3) is 0 Å². The Morgan fingerprint density at radius 1 is 1.08 bits per heavy atom. The Labute approximate surface area is 159 Å². The third kappa shape index (κ3) is 4.59. The average Bonchev–Trinajstić information content (AvgIpc) is 2.65. The van der Waals surface area contributed by atoms with E-state index in [1.165, 1.54) is 0 Å². The fourth-order valence-corrected chi connectivity index (χ4v) is 2.73. The Hall–Kier alpha value is -2.44. The summed E-state index contributed by atoms with van der Waals surface area (Å²) in [6.07, 6.45) is 0. The third-order valence-corrected chi connectivity index (χ3v) is 4.09. The molecule has 1 amide bonds. The zero-order valence-electron chi connectivity index (χ0n) is 13.6. The highest BCUT2D eigenvalue weighted by Gasteiger charge is 2.17. The lowest BCUT2D eigenvalue weighted by Crippen LogP contribution is -2.30. The van der Waals surface area contributed by atoms with E-state index >= 15 is 0 Å². The van der Waals surface area contributed by atoms with E-state index in [0.717, 1.165) is 0 Å². The maximum Gasteiger partial charge on any atom is 0.325 e. The van der Waals surface area contributed by atoms with Gasteiger partial charge in [-0.2, -0.15) is 0 Å². The summed E-state index contributed by atoms with van der Waals surface area (Å²) < 4.78 is 16.1. The number of esters is 1. The standard InChI is InChI=1S/C18H15Cl2NO5/c19-13-3-1-12(2-4-13)18(23)21-9-16(22)26-10-11-7-14(20)17-15(8-11)24-5-6-25-17/h1-4,7-8H,5-6,9-10H2,(H,21,23). The van der Waals surface area contributed by atoms with Crippen LogP contribution in [-0.4, -0.2) is 31.6 Å². The first-order valence-corrected chi connectivity index (χ1v) is 8.56. The molecule has 0 bridgehead atoms. The molecule has 2 aromatic carbocycles. The molecule has 1 aliphatic heterocycles. The number of benzene rings is 2. The smallest absolute Gasteiger partial charge is 0.325 e. The lowest BCUT2D eigenvalue weighted by atomic mass is 10.2. The number of fused-ring (bicyclic) bond motifs is 1. The van der Waals surface area contributed by atoms with E-state index in [4.69, 9.17) is 37.4 Å². The van der Waals surface area contributed by atoms with Crippen LogP contribution in [-0.2, 0) is 16.1 Å². The number of rotatable bonds is 5. The third-order valence-electron chi connectivity index (χ3n) is 3.56. The van der Waals surface area contributed by atoms with Crippen LogP contribution in [0, 0.1) is 0 Å². The van der Waals surface area contributed by atoms with E-state index in [-0.39, 0.29) is 19.1 Å². The monoisotopic (exact) mass is 395 g/mol. The minimum Gasteiger partial charge on any atom is -0.486 e. The highest BCUT2D eigenvalue weighted by atomic mass is 35.5. The van der Waals surface area contributed by atoms with Crippen LogP contribution in [0.1, 0.15) is 15.9 Å². The van der Waals surface area contributed by atoms with Gasteiger partial charge in [-0.25, -0.2) is 0 Å². The molecule has 6 nitrogen and oxygen atoms in total. The summed E-state index contributed by atoms with van der Waals surface area (Å²) in [6, 6.07) is 9.69. The van der Waals surface area contributed by atoms with Crippen molar-refractivity contribution < 1.29 is 23.8 Å². The highest BCUT2D eigenvalue weighted by molar-refractivity contribution is 6.32. The van der Waals surface area contributed by atoms with Gasteiger partial charge in [-0.15, -0.1) is 0 Å². The summed E-state index contributed by atoms with van der Waals surface area (Å²) >= 11 is 11.9. The van der Waals surface area contributed by atoms with Crippen molar-refractivity contribution in [3.8, 4) is 11.5 Å². The molecule has 8 heteroatoms. The van der Waals surface area contributed by atoms with Crippen LogP contribution in [0.4, 0.5) is 0 Å². The van der Waals surface area contributed by atoms with Crippen molar-refractivity contribution in [2.24, 2.45) is 0 Å². The van der Waals surface area contributed by atoms with Crippen LogP contribution < -0.4 is 14.8 Å². The van der Waals surface area contributed by atoms with Crippen molar-refractivity contribution in [2.75, 3.05) is 19.8 Å². The molecule has 0 atom stereocenters. The van der Waals surface area contributed by atoms with Crippen molar-refractivity contribution in [1.29, 1.82) is 0 Å². The first kappa shape index (κ1) is 18.4. The van der Waals surface area contributed by atoms with Crippen LogP contribution in [0.3, 0.4) is 0 Å². The minimum absolute atomic E-state index is 0.00596. The van der Waals surface area contributed by atoms with E-state index in [0.29, 0.717) is 45.9 Å². The highest BCUT2D eigenvalue weighted by Crippen LogP contribution is 2.38. The lowest BCUT2D eigenvalue weighted by molar-refractivity contribution is -0.143. The van der Waals surface area contributed by atoms with Gasteiger partial charge in [-0.3, -0.25) is 9.59 Å². The normalized spacial score (nSPS) is 12.4. The van der Waals surface area contributed by atoms with Gasteiger partial charge < -0.3 is 19.5 Å². The van der Waals surface area contributed by atoms with Crippen LogP contribution in [0.5, 0.6) is 11.5 Å². The zero-order chi connectivity index (χ0) is 18.5. The molecule has 1 aliphatic rings. The minimum atomic E-state index is -0.571. The lowest BCUT2D eigenvalue weighted by Gasteiger charge is -2.20. The SMILES string of the molecule is O=C(CNC(=O)c1ccc(Cl)cc1)OCc1cc(Cl)c2c(c1)OCCO2. The largest absolute Gasteiger partial charge is 0.486 e. The Kier molecular flexibility index (Phi) is 5.85. The summed E-state index contributed by atoms with van der Waals surface area (Å²) in [7, 11) is 0. The summed E-state index contributed by atoms with van der Waals surface area (Å²) in [5, 5.41) is 3.41. The van der Waals surface area contributed by atoms with Gasteiger partial charge in [0.1, 0.15) is 26.4 Å². The fourth-order valence-electron chi connectivity index (χ4n) is 2.32. The first-order chi connectivity index (χ1) is 12.5. The summed E-state index contributed by atoms with van der Waals surface area (Å²) in [6.45, 7) is 0.628. The molecule has 2 aromatic rings. The Balaban J connectivity index is 1.50. The molecular weight excluding hydrogens is 381 g/mol. The second-order valence-corrected chi connectivity index (χ2v) is 6.30. The first-order valence-electron chi connectivity index (χ1n) is 7.80. The second-order valence-electron chi connectivity index (χ2n) is 5.45. The molecule has 26 heavy (non-hydrogen) atoms. The van der Waals surface area contributed by atoms with Gasteiger partial charge in [0.15, 0.2) is 11.5 Å². The maximum absolute atomic E-state index is 11.9. The van der Waals surface area contributed by atoms with Gasteiger partial charge in [0.2, 0.25) is 0 Å². The molecular formula is C18H15Cl2NO5. The Bertz CT molecular complexity index is 823. The van der Waals surface area contributed by atoms with Crippen molar-refractivity contribution in [3.63, 3.8) is 0 Å². The summed E-state index contributed by atoms with van der Waals surface area (Å²) in [5.41, 5.74) is 1.07. The number of hydrogen-bond acceptors (Lipinski definition) is 5. The van der Waals surface area contributed by atoms with E-state index in [2.05, 4.69) is 5.32 Å². The van der Waals surface area contributed by atoms with Gasteiger partial charge in [0, 0.05) is 10.6 Å². The molecule has 3 rings (SSSR count). The topological polar surface area (TPSA) is 73.9 Å². The number of nitrogens with one attached hydrogen (secondary N) is 1. The Morgan fingerprint density at radius 2 is 1.81 bits per heavy atom. The zero-order valence-corrected chi connectivity index (χ0v) is 15.1. The molecule has 136 valence electrons. The van der Waals surface area contributed by atoms with Gasteiger partial charge in [0.25, 0.3) is 5.91 Å². The number of carbonyl (C=O) groups is 2. The van der Waals surface area contributed by atoms with Gasteiger partial charge in [0.05, 0.1) is 5.02 Å². The van der Waals surface area contributed by atoms with Crippen LogP contribution >= 0.6 is 23.2 Å².